The van der Waals surface area contributed by atoms with E-state index in [0.29, 0.717) is 41.4 Å². The van der Waals surface area contributed by atoms with Crippen LogP contribution >= 0.6 is 0 Å². The van der Waals surface area contributed by atoms with E-state index in [1.54, 1.807) is 25.1 Å². The number of aromatic nitrogens is 3. The van der Waals surface area contributed by atoms with E-state index in [-0.39, 0.29) is 12.6 Å². The average molecular weight is 492 g/mol. The molecule has 2 aromatic heterocycles. The Balaban J connectivity index is 1.51. The topological polar surface area (TPSA) is 102 Å². The first-order chi connectivity index (χ1) is 17.5. The zero-order chi connectivity index (χ0) is 25.1. The van der Waals surface area contributed by atoms with Gasteiger partial charge in [-0.2, -0.15) is 0 Å². The van der Waals surface area contributed by atoms with Gasteiger partial charge in [-0.1, -0.05) is 17.3 Å². The third kappa shape index (κ3) is 4.99. The number of aryl methyl sites for hydroxylation is 1. The van der Waals surface area contributed by atoms with Gasteiger partial charge in [0.1, 0.15) is 29.4 Å². The van der Waals surface area contributed by atoms with Crippen LogP contribution in [0.5, 0.6) is 0 Å². The Morgan fingerprint density at radius 1 is 1.17 bits per heavy atom. The molecule has 1 aliphatic heterocycles. The summed E-state index contributed by atoms with van der Waals surface area (Å²) >= 11 is 0. The summed E-state index contributed by atoms with van der Waals surface area (Å²) in [5.41, 5.74) is 1.67. The van der Waals surface area contributed by atoms with Gasteiger partial charge in [-0.3, -0.25) is 14.5 Å². The lowest BCUT2D eigenvalue weighted by atomic mass is 10.1. The molecule has 0 radical (unpaired) electrons. The Bertz CT molecular complexity index is 1360. The van der Waals surface area contributed by atoms with Crippen LogP contribution in [0.2, 0.25) is 0 Å². The molecule has 0 saturated carbocycles. The van der Waals surface area contributed by atoms with Crippen molar-refractivity contribution < 1.29 is 23.1 Å². The summed E-state index contributed by atoms with van der Waals surface area (Å²) in [7, 11) is 0. The van der Waals surface area contributed by atoms with Gasteiger partial charge < -0.3 is 14.5 Å². The number of fused-ring (bicyclic) bond motifs is 1. The van der Waals surface area contributed by atoms with Gasteiger partial charge in [-0.15, -0.1) is 5.10 Å². The molecule has 4 aromatic rings. The molecule has 10 heteroatoms. The van der Waals surface area contributed by atoms with Crippen LogP contribution in [-0.4, -0.2) is 46.1 Å². The zero-order valence-electron chi connectivity index (χ0n) is 19.8. The van der Waals surface area contributed by atoms with Gasteiger partial charge in [0, 0.05) is 18.8 Å². The zero-order valence-corrected chi connectivity index (χ0v) is 19.8. The summed E-state index contributed by atoms with van der Waals surface area (Å²) < 4.78 is 26.7. The van der Waals surface area contributed by atoms with Crippen LogP contribution in [0.25, 0.3) is 11.0 Å². The molecule has 2 aromatic carbocycles. The number of carbonyl (C=O) groups excluding carboxylic acids is 2. The Labute approximate surface area is 206 Å². The summed E-state index contributed by atoms with van der Waals surface area (Å²) in [6.45, 7) is 2.55. The molecule has 0 spiro atoms. The fraction of sp³-hybridized carbons (Fsp3) is 0.308. The van der Waals surface area contributed by atoms with Crippen LogP contribution in [0, 0.1) is 12.7 Å². The first kappa shape index (κ1) is 23.7. The van der Waals surface area contributed by atoms with Gasteiger partial charge in [-0.25, -0.2) is 9.07 Å². The first-order valence-electron chi connectivity index (χ1n) is 11.8. The van der Waals surface area contributed by atoms with E-state index >= 15 is 0 Å². The van der Waals surface area contributed by atoms with Crippen molar-refractivity contribution in [2.75, 3.05) is 18.1 Å². The molecule has 9 nitrogen and oxygen atoms in total. The van der Waals surface area contributed by atoms with E-state index in [4.69, 9.17) is 9.15 Å². The number of hydrogen-bond acceptors (Lipinski definition) is 6. The van der Waals surface area contributed by atoms with Crippen LogP contribution in [0.4, 0.5) is 10.1 Å². The number of carbonyl (C=O) groups is 2. The minimum absolute atomic E-state index is 0.0792. The van der Waals surface area contributed by atoms with Crippen molar-refractivity contribution in [3.05, 3.63) is 78.0 Å². The van der Waals surface area contributed by atoms with Crippen molar-refractivity contribution in [3.8, 4) is 0 Å². The number of anilines is 1. The molecular weight excluding hydrogens is 465 g/mol. The second kappa shape index (κ2) is 10.3. The summed E-state index contributed by atoms with van der Waals surface area (Å²) in [5, 5.41) is 11.1. The van der Waals surface area contributed by atoms with Crippen LogP contribution in [0.15, 0.2) is 65.1 Å². The van der Waals surface area contributed by atoms with Gasteiger partial charge in [0.2, 0.25) is 5.91 Å². The number of furan rings is 1. The van der Waals surface area contributed by atoms with Crippen molar-refractivity contribution in [2.24, 2.45) is 0 Å². The molecule has 3 heterocycles. The van der Waals surface area contributed by atoms with Crippen LogP contribution in [0.1, 0.15) is 30.4 Å². The monoisotopic (exact) mass is 491 g/mol. The fourth-order valence-electron chi connectivity index (χ4n) is 4.37. The summed E-state index contributed by atoms with van der Waals surface area (Å²) in [5.74, 6) is -0.444. The van der Waals surface area contributed by atoms with Crippen molar-refractivity contribution in [1.29, 1.82) is 0 Å². The second-order valence-electron chi connectivity index (χ2n) is 8.71. The smallest absolute Gasteiger partial charge is 0.251 e. The Morgan fingerprint density at radius 3 is 2.69 bits per heavy atom. The SMILES string of the molecule is Cc1ccc([C@@H](C(=O)NC[C@@H]2CCCO2)N(C(=O)Cn2nnc3ccccc32)c2ccc(F)cc2)o1. The largest absolute Gasteiger partial charge is 0.464 e. The fourth-order valence-corrected chi connectivity index (χ4v) is 4.37. The predicted octanol–water partition coefficient (Wildman–Crippen LogP) is 3.54. The first-order valence-corrected chi connectivity index (χ1v) is 11.8. The van der Waals surface area contributed by atoms with E-state index in [1.165, 1.54) is 33.8 Å². The van der Waals surface area contributed by atoms with Crippen LogP contribution < -0.4 is 10.2 Å². The summed E-state index contributed by atoms with van der Waals surface area (Å²) in [6.07, 6.45) is 1.71. The van der Waals surface area contributed by atoms with Gasteiger partial charge >= 0.3 is 0 Å². The molecule has 1 fully saturated rings. The third-order valence-electron chi connectivity index (χ3n) is 6.14. The maximum absolute atomic E-state index is 13.8. The maximum Gasteiger partial charge on any atom is 0.251 e. The lowest BCUT2D eigenvalue weighted by Gasteiger charge is -2.30. The van der Waals surface area contributed by atoms with E-state index in [2.05, 4.69) is 15.6 Å². The summed E-state index contributed by atoms with van der Waals surface area (Å²) in [4.78, 5) is 28.7. The Morgan fingerprint density at radius 2 is 1.97 bits per heavy atom. The molecule has 1 aliphatic rings. The number of hydrogen-bond donors (Lipinski definition) is 1. The molecule has 0 aliphatic carbocycles. The molecule has 1 saturated heterocycles. The van der Waals surface area contributed by atoms with Gasteiger partial charge in [-0.05, 0) is 68.3 Å². The second-order valence-corrected chi connectivity index (χ2v) is 8.71. The number of halogens is 1. The molecule has 0 unspecified atom stereocenters. The number of rotatable bonds is 8. The number of para-hydroxylation sites is 1. The number of amides is 2. The lowest BCUT2D eigenvalue weighted by molar-refractivity contribution is -0.127. The molecule has 0 bridgehead atoms. The summed E-state index contributed by atoms with van der Waals surface area (Å²) in [6, 6.07) is 15.0. The standard InChI is InChI=1S/C26H26FN5O4/c1-17-8-13-23(36-17)25(26(34)28-15-20-5-4-14-35-20)32(19-11-9-18(27)10-12-19)24(33)16-31-22-7-3-2-6-21(22)29-30-31/h2-3,6-13,20,25H,4-5,14-16H2,1H3,(H,28,34)/t20-,25-/m0/s1. The third-order valence-corrected chi connectivity index (χ3v) is 6.14. The van der Waals surface area contributed by atoms with Crippen molar-refractivity contribution in [3.63, 3.8) is 0 Å². The van der Waals surface area contributed by atoms with E-state index in [0.717, 1.165) is 12.8 Å². The highest BCUT2D eigenvalue weighted by atomic mass is 19.1. The van der Waals surface area contributed by atoms with Crippen molar-refractivity contribution in [1.82, 2.24) is 20.3 Å². The van der Waals surface area contributed by atoms with Crippen LogP contribution in [-0.2, 0) is 20.9 Å². The minimum Gasteiger partial charge on any atom is -0.464 e. The lowest BCUT2D eigenvalue weighted by Crippen LogP contribution is -2.46. The number of nitrogens with zero attached hydrogens (tertiary/aromatic N) is 4. The highest BCUT2D eigenvalue weighted by molar-refractivity contribution is 6.01. The molecular formula is C26H26FN5O4. The van der Waals surface area contributed by atoms with Crippen molar-refractivity contribution >= 4 is 28.5 Å². The van der Waals surface area contributed by atoms with Gasteiger partial charge in [0.25, 0.3) is 5.91 Å². The number of nitrogens with one attached hydrogen (secondary N) is 1. The molecule has 2 amide bonds. The highest BCUT2D eigenvalue weighted by Gasteiger charge is 2.36. The highest BCUT2D eigenvalue weighted by Crippen LogP contribution is 2.30. The quantitative estimate of drug-likeness (QED) is 0.405. The normalized spacial score (nSPS) is 16.2. The van der Waals surface area contributed by atoms with Crippen LogP contribution in [0.3, 0.4) is 0 Å². The van der Waals surface area contributed by atoms with Gasteiger partial charge in [0.05, 0.1) is 11.6 Å². The molecule has 1 N–H and O–H groups in total. The average Bonchev–Trinajstić information content (AvgIpc) is 3.64. The van der Waals surface area contributed by atoms with Gasteiger partial charge in [0.15, 0.2) is 6.04 Å². The molecule has 186 valence electrons. The van der Waals surface area contributed by atoms with Crippen molar-refractivity contribution in [2.45, 2.75) is 38.5 Å². The minimum atomic E-state index is -1.13. The predicted molar refractivity (Wildman–Crippen MR) is 130 cm³/mol. The van der Waals surface area contributed by atoms with E-state index in [9.17, 15) is 14.0 Å². The number of benzene rings is 2. The molecule has 36 heavy (non-hydrogen) atoms. The maximum atomic E-state index is 13.8. The Kier molecular flexibility index (Phi) is 6.77. The van der Waals surface area contributed by atoms with E-state index in [1.807, 2.05) is 18.2 Å². The molecule has 5 rings (SSSR count). The van der Waals surface area contributed by atoms with E-state index < -0.39 is 23.7 Å². The Hall–Kier alpha value is -4.05. The molecule has 2 atom stereocenters. The number of ether oxygens (including phenoxy) is 1.